The van der Waals surface area contributed by atoms with Gasteiger partial charge in [0, 0.05) is 10.2 Å². The lowest BCUT2D eigenvalue weighted by atomic mass is 10.2. The van der Waals surface area contributed by atoms with Crippen LogP contribution in [-0.2, 0) is 9.53 Å². The molecular weight excluding hydrogens is 386 g/mol. The summed E-state index contributed by atoms with van der Waals surface area (Å²) in [5.41, 5.74) is 1.00. The molecule has 2 aromatic rings. The Hall–Kier alpha value is -2.34. The predicted molar refractivity (Wildman–Crippen MR) is 99.9 cm³/mol. The average Bonchev–Trinajstić information content (AvgIpc) is 2.60. The third-order valence-electron chi connectivity index (χ3n) is 3.30. The molecule has 2 aromatic carbocycles. The van der Waals surface area contributed by atoms with Gasteiger partial charge in [0.25, 0.3) is 5.91 Å². The van der Waals surface area contributed by atoms with Crippen LogP contribution < -0.4 is 10.1 Å². The number of hydrogen-bond acceptors (Lipinski definition) is 4. The van der Waals surface area contributed by atoms with Gasteiger partial charge in [-0.1, -0.05) is 35.3 Å². The lowest BCUT2D eigenvalue weighted by Crippen LogP contribution is -2.20. The second kappa shape index (κ2) is 9.84. The van der Waals surface area contributed by atoms with Crippen molar-refractivity contribution in [3.63, 3.8) is 0 Å². The summed E-state index contributed by atoms with van der Waals surface area (Å²) in [5.74, 6) is -0.243. The van der Waals surface area contributed by atoms with Gasteiger partial charge in [-0.25, -0.2) is 4.79 Å². The number of rotatable bonds is 8. The highest BCUT2D eigenvalue weighted by Gasteiger charge is 2.10. The monoisotopic (exact) mass is 405 g/mol. The molecule has 6 heteroatoms. The van der Waals surface area contributed by atoms with Crippen LogP contribution >= 0.6 is 15.9 Å². The average molecular weight is 406 g/mol. The van der Waals surface area contributed by atoms with Gasteiger partial charge in [0.05, 0.1) is 12.2 Å². The molecule has 1 N–H and O–H groups in total. The fourth-order valence-corrected chi connectivity index (χ4v) is 2.40. The van der Waals surface area contributed by atoms with Crippen molar-refractivity contribution < 1.29 is 19.1 Å². The van der Waals surface area contributed by atoms with Gasteiger partial charge in [0.2, 0.25) is 0 Å². The normalized spacial score (nSPS) is 10.2. The molecule has 0 fully saturated rings. The molecule has 2 rings (SSSR count). The largest absolute Gasteiger partial charge is 0.494 e. The van der Waals surface area contributed by atoms with Crippen LogP contribution in [0, 0.1) is 0 Å². The molecule has 0 radical (unpaired) electrons. The van der Waals surface area contributed by atoms with E-state index < -0.39 is 11.9 Å². The molecule has 5 nitrogen and oxygen atoms in total. The molecule has 0 heterocycles. The minimum Gasteiger partial charge on any atom is -0.494 e. The van der Waals surface area contributed by atoms with E-state index in [4.69, 9.17) is 9.47 Å². The molecular formula is C19H20BrNO4. The summed E-state index contributed by atoms with van der Waals surface area (Å²) in [6.45, 7) is 2.39. The smallest absolute Gasteiger partial charge is 0.338 e. The Morgan fingerprint density at radius 1 is 1.12 bits per heavy atom. The third kappa shape index (κ3) is 6.58. The minimum absolute atomic E-state index is 0.347. The van der Waals surface area contributed by atoms with Crippen LogP contribution in [0.2, 0.25) is 0 Å². The maximum absolute atomic E-state index is 12.0. The zero-order valence-corrected chi connectivity index (χ0v) is 15.5. The van der Waals surface area contributed by atoms with Crippen LogP contribution in [0.15, 0.2) is 53.0 Å². The number of amides is 1. The zero-order chi connectivity index (χ0) is 18.1. The van der Waals surface area contributed by atoms with E-state index in [-0.39, 0.29) is 6.61 Å². The van der Waals surface area contributed by atoms with Crippen LogP contribution in [0.1, 0.15) is 30.1 Å². The van der Waals surface area contributed by atoms with Gasteiger partial charge in [0.1, 0.15) is 5.75 Å². The molecule has 0 aliphatic rings. The number of benzene rings is 2. The molecule has 0 saturated heterocycles. The lowest BCUT2D eigenvalue weighted by molar-refractivity contribution is -0.119. The highest BCUT2D eigenvalue weighted by molar-refractivity contribution is 9.10. The van der Waals surface area contributed by atoms with E-state index in [0.717, 1.165) is 17.3 Å². The molecule has 0 unspecified atom stereocenters. The van der Waals surface area contributed by atoms with Crippen molar-refractivity contribution in [1.82, 2.24) is 0 Å². The van der Waals surface area contributed by atoms with E-state index >= 15 is 0 Å². The van der Waals surface area contributed by atoms with Crippen LogP contribution in [0.5, 0.6) is 5.75 Å². The summed E-state index contributed by atoms with van der Waals surface area (Å²) in [6.07, 6.45) is 2.04. The van der Waals surface area contributed by atoms with Gasteiger partial charge in [-0.15, -0.1) is 0 Å². The van der Waals surface area contributed by atoms with Crippen molar-refractivity contribution in [2.24, 2.45) is 0 Å². The van der Waals surface area contributed by atoms with E-state index in [1.54, 1.807) is 42.5 Å². The van der Waals surface area contributed by atoms with Gasteiger partial charge >= 0.3 is 5.97 Å². The molecule has 1 amide bonds. The summed E-state index contributed by atoms with van der Waals surface area (Å²) in [6, 6.07) is 13.8. The van der Waals surface area contributed by atoms with Crippen LogP contribution in [0.3, 0.4) is 0 Å². The number of carbonyl (C=O) groups is 2. The van der Waals surface area contributed by atoms with Gasteiger partial charge in [-0.2, -0.15) is 0 Å². The van der Waals surface area contributed by atoms with Gasteiger partial charge < -0.3 is 14.8 Å². The number of unbranched alkanes of at least 4 members (excludes halogenated alkanes) is 1. The molecule has 0 aromatic heterocycles. The number of esters is 1. The van der Waals surface area contributed by atoms with Crippen LogP contribution in [0.4, 0.5) is 5.69 Å². The van der Waals surface area contributed by atoms with Crippen LogP contribution in [-0.4, -0.2) is 25.1 Å². The van der Waals surface area contributed by atoms with Crippen molar-refractivity contribution in [1.29, 1.82) is 0 Å². The number of ether oxygens (including phenoxy) is 2. The summed E-state index contributed by atoms with van der Waals surface area (Å²) < 4.78 is 11.4. The number of nitrogens with one attached hydrogen (secondary N) is 1. The van der Waals surface area contributed by atoms with E-state index in [0.29, 0.717) is 23.6 Å². The Morgan fingerprint density at radius 3 is 2.56 bits per heavy atom. The number of anilines is 1. The molecule has 25 heavy (non-hydrogen) atoms. The SMILES string of the molecule is CCCCOc1ccc(C(=O)OCC(=O)Nc2cccc(Br)c2)cc1. The number of carbonyl (C=O) groups excluding carboxylic acids is 2. The number of halogens is 1. The molecule has 0 spiro atoms. The molecule has 0 aliphatic carbocycles. The van der Waals surface area contributed by atoms with E-state index in [1.165, 1.54) is 0 Å². The standard InChI is InChI=1S/C19H20BrNO4/c1-2-3-11-24-17-9-7-14(8-10-17)19(23)25-13-18(22)21-16-6-4-5-15(20)12-16/h4-10,12H,2-3,11,13H2,1H3,(H,21,22). The van der Waals surface area contributed by atoms with Crippen molar-refractivity contribution >= 4 is 33.5 Å². The fraction of sp³-hybridized carbons (Fsp3) is 0.263. The second-order valence-electron chi connectivity index (χ2n) is 5.36. The Labute approximate surface area is 155 Å². The third-order valence-corrected chi connectivity index (χ3v) is 3.79. The van der Waals surface area contributed by atoms with Crippen LogP contribution in [0.25, 0.3) is 0 Å². The highest BCUT2D eigenvalue weighted by Crippen LogP contribution is 2.16. The summed E-state index contributed by atoms with van der Waals surface area (Å²) in [5, 5.41) is 2.66. The molecule has 132 valence electrons. The maximum Gasteiger partial charge on any atom is 0.338 e. The van der Waals surface area contributed by atoms with Gasteiger partial charge in [-0.3, -0.25) is 4.79 Å². The van der Waals surface area contributed by atoms with Gasteiger partial charge in [-0.05, 0) is 48.9 Å². The lowest BCUT2D eigenvalue weighted by Gasteiger charge is -2.08. The summed E-state index contributed by atoms with van der Waals surface area (Å²) in [7, 11) is 0. The molecule has 0 saturated carbocycles. The Balaban J connectivity index is 1.80. The van der Waals surface area contributed by atoms with E-state index in [2.05, 4.69) is 28.2 Å². The Bertz CT molecular complexity index is 716. The zero-order valence-electron chi connectivity index (χ0n) is 14.0. The number of hydrogen-bond donors (Lipinski definition) is 1. The Morgan fingerprint density at radius 2 is 1.88 bits per heavy atom. The van der Waals surface area contributed by atoms with Crippen molar-refractivity contribution in [3.8, 4) is 5.75 Å². The summed E-state index contributed by atoms with van der Waals surface area (Å²) >= 11 is 3.32. The Kier molecular flexibility index (Phi) is 7.47. The van der Waals surface area contributed by atoms with Gasteiger partial charge in [0.15, 0.2) is 6.61 Å². The quantitative estimate of drug-likeness (QED) is 0.521. The first-order chi connectivity index (χ1) is 12.1. The highest BCUT2D eigenvalue weighted by atomic mass is 79.9. The first kappa shape index (κ1) is 19.0. The summed E-state index contributed by atoms with van der Waals surface area (Å²) in [4.78, 5) is 23.8. The first-order valence-electron chi connectivity index (χ1n) is 8.04. The van der Waals surface area contributed by atoms with Crippen molar-refractivity contribution in [2.75, 3.05) is 18.5 Å². The maximum atomic E-state index is 12.0. The minimum atomic E-state index is -0.551. The first-order valence-corrected chi connectivity index (χ1v) is 8.83. The second-order valence-corrected chi connectivity index (χ2v) is 6.28. The van der Waals surface area contributed by atoms with Crippen molar-refractivity contribution in [3.05, 3.63) is 58.6 Å². The van der Waals surface area contributed by atoms with E-state index in [1.807, 2.05) is 6.07 Å². The molecule has 0 aliphatic heterocycles. The fourth-order valence-electron chi connectivity index (χ4n) is 2.00. The topological polar surface area (TPSA) is 64.6 Å². The molecule has 0 bridgehead atoms. The van der Waals surface area contributed by atoms with E-state index in [9.17, 15) is 9.59 Å². The molecule has 0 atom stereocenters. The van der Waals surface area contributed by atoms with Crippen molar-refractivity contribution in [2.45, 2.75) is 19.8 Å². The predicted octanol–water partition coefficient (Wildman–Crippen LogP) is 4.42.